The largest absolute Gasteiger partial charge is 0.478 e. The molecule has 0 saturated heterocycles. The minimum atomic E-state index is -1.25. The van der Waals surface area contributed by atoms with E-state index in [2.05, 4.69) is 0 Å². The molecule has 29 heavy (non-hydrogen) atoms. The highest BCUT2D eigenvalue weighted by Gasteiger charge is 2.12. The molecule has 0 spiro atoms. The number of ketones is 1. The highest BCUT2D eigenvalue weighted by molar-refractivity contribution is 6.06. The standard InChI is InChI=1S/C23H16O6/c24-21(16-4-2-1-3-5-16)11-8-15-6-9-19(10-7-15)29-20-13-17(22(25)26)12-18(14-20)23(27)28/h1-14H,(H,25,26)(H,27,28)/b11-8+. The fourth-order valence-electron chi connectivity index (χ4n) is 2.56. The molecule has 2 N–H and O–H groups in total. The Balaban J connectivity index is 1.74. The lowest BCUT2D eigenvalue weighted by Gasteiger charge is -2.08. The molecule has 0 aliphatic heterocycles. The van der Waals surface area contributed by atoms with Crippen LogP contribution in [0.4, 0.5) is 0 Å². The van der Waals surface area contributed by atoms with E-state index in [0.29, 0.717) is 11.3 Å². The van der Waals surface area contributed by atoms with Crippen LogP contribution in [0.25, 0.3) is 6.08 Å². The summed E-state index contributed by atoms with van der Waals surface area (Å²) in [7, 11) is 0. The van der Waals surface area contributed by atoms with Crippen molar-refractivity contribution in [3.63, 3.8) is 0 Å². The van der Waals surface area contributed by atoms with Crippen LogP contribution in [0, 0.1) is 0 Å². The van der Waals surface area contributed by atoms with Crippen LogP contribution in [0.2, 0.25) is 0 Å². The summed E-state index contributed by atoms with van der Waals surface area (Å²) in [6, 6.07) is 19.2. The van der Waals surface area contributed by atoms with Crippen molar-refractivity contribution in [3.05, 3.63) is 101 Å². The summed E-state index contributed by atoms with van der Waals surface area (Å²) in [6.45, 7) is 0. The molecule has 6 nitrogen and oxygen atoms in total. The van der Waals surface area contributed by atoms with Crippen LogP contribution in [0.5, 0.6) is 11.5 Å². The minimum Gasteiger partial charge on any atom is -0.478 e. The third-order valence-electron chi connectivity index (χ3n) is 4.00. The van der Waals surface area contributed by atoms with Crippen molar-refractivity contribution in [2.45, 2.75) is 0 Å². The zero-order valence-electron chi connectivity index (χ0n) is 15.1. The third-order valence-corrected chi connectivity index (χ3v) is 4.00. The normalized spacial score (nSPS) is 10.6. The fraction of sp³-hybridized carbons (Fsp3) is 0. The summed E-state index contributed by atoms with van der Waals surface area (Å²) in [4.78, 5) is 34.4. The van der Waals surface area contributed by atoms with Gasteiger partial charge in [0, 0.05) is 5.56 Å². The predicted molar refractivity (Wildman–Crippen MR) is 107 cm³/mol. The molecule has 0 atom stereocenters. The van der Waals surface area contributed by atoms with Gasteiger partial charge in [-0.05, 0) is 42.0 Å². The molecule has 0 amide bonds. The molecule has 0 heterocycles. The van der Waals surface area contributed by atoms with Gasteiger partial charge in [-0.2, -0.15) is 0 Å². The number of rotatable bonds is 7. The van der Waals surface area contributed by atoms with Crippen LogP contribution in [-0.4, -0.2) is 27.9 Å². The number of carboxylic acids is 2. The van der Waals surface area contributed by atoms with Crippen LogP contribution >= 0.6 is 0 Å². The quantitative estimate of drug-likeness (QED) is 0.447. The first-order valence-corrected chi connectivity index (χ1v) is 8.59. The average molecular weight is 388 g/mol. The highest BCUT2D eigenvalue weighted by Crippen LogP contribution is 2.25. The van der Waals surface area contributed by atoms with E-state index >= 15 is 0 Å². The van der Waals surface area contributed by atoms with E-state index in [1.54, 1.807) is 54.6 Å². The Bertz CT molecular complexity index is 1050. The molecule has 3 aromatic rings. The molecular weight excluding hydrogens is 372 g/mol. The first-order valence-electron chi connectivity index (χ1n) is 8.59. The maximum Gasteiger partial charge on any atom is 0.335 e. The Hall–Kier alpha value is -4.19. The van der Waals surface area contributed by atoms with Gasteiger partial charge in [0.25, 0.3) is 0 Å². The number of aromatic carboxylic acids is 2. The van der Waals surface area contributed by atoms with Crippen LogP contribution in [0.3, 0.4) is 0 Å². The topological polar surface area (TPSA) is 101 Å². The average Bonchev–Trinajstić information content (AvgIpc) is 2.73. The van der Waals surface area contributed by atoms with E-state index < -0.39 is 11.9 Å². The van der Waals surface area contributed by atoms with Crippen molar-refractivity contribution in [2.24, 2.45) is 0 Å². The van der Waals surface area contributed by atoms with Gasteiger partial charge in [0.15, 0.2) is 5.78 Å². The number of carbonyl (C=O) groups is 3. The lowest BCUT2D eigenvalue weighted by molar-refractivity contribution is 0.0696. The summed E-state index contributed by atoms with van der Waals surface area (Å²) in [6.07, 6.45) is 3.15. The molecule has 0 bridgehead atoms. The molecule has 3 rings (SSSR count). The van der Waals surface area contributed by atoms with E-state index in [4.69, 9.17) is 14.9 Å². The van der Waals surface area contributed by atoms with Crippen molar-refractivity contribution < 1.29 is 29.3 Å². The van der Waals surface area contributed by atoms with Gasteiger partial charge in [-0.3, -0.25) is 4.79 Å². The monoisotopic (exact) mass is 388 g/mol. The summed E-state index contributed by atoms with van der Waals surface area (Å²) < 4.78 is 5.59. The van der Waals surface area contributed by atoms with Gasteiger partial charge in [0.1, 0.15) is 11.5 Å². The Labute approximate surface area is 166 Å². The number of carbonyl (C=O) groups excluding carboxylic acids is 1. The maximum absolute atomic E-state index is 12.1. The lowest BCUT2D eigenvalue weighted by Crippen LogP contribution is -2.03. The van der Waals surface area contributed by atoms with E-state index in [-0.39, 0.29) is 22.7 Å². The van der Waals surface area contributed by atoms with E-state index in [1.165, 1.54) is 18.2 Å². The number of allylic oxidation sites excluding steroid dienone is 1. The number of hydrogen-bond donors (Lipinski definition) is 2. The molecule has 0 aromatic heterocycles. The van der Waals surface area contributed by atoms with Gasteiger partial charge in [-0.25, -0.2) is 9.59 Å². The Morgan fingerprint density at radius 3 is 1.83 bits per heavy atom. The van der Waals surface area contributed by atoms with Crippen molar-refractivity contribution in [3.8, 4) is 11.5 Å². The summed E-state index contributed by atoms with van der Waals surface area (Å²) in [5, 5.41) is 18.2. The first kappa shape index (κ1) is 19.6. The summed E-state index contributed by atoms with van der Waals surface area (Å²) in [5.74, 6) is -2.11. The van der Waals surface area contributed by atoms with Gasteiger partial charge in [0.05, 0.1) is 11.1 Å². The Morgan fingerprint density at radius 1 is 0.690 bits per heavy atom. The Kier molecular flexibility index (Phi) is 5.85. The lowest BCUT2D eigenvalue weighted by atomic mass is 10.1. The van der Waals surface area contributed by atoms with Crippen LogP contribution in [0.15, 0.2) is 78.9 Å². The second kappa shape index (κ2) is 8.67. The zero-order valence-corrected chi connectivity index (χ0v) is 15.1. The van der Waals surface area contributed by atoms with Crippen molar-refractivity contribution in [2.75, 3.05) is 0 Å². The molecule has 0 aliphatic carbocycles. The molecule has 0 saturated carbocycles. The van der Waals surface area contributed by atoms with E-state index in [0.717, 1.165) is 11.6 Å². The summed E-state index contributed by atoms with van der Waals surface area (Å²) in [5.41, 5.74) is 1.00. The summed E-state index contributed by atoms with van der Waals surface area (Å²) >= 11 is 0. The number of carboxylic acid groups (broad SMARTS) is 2. The molecule has 144 valence electrons. The molecule has 0 fully saturated rings. The van der Waals surface area contributed by atoms with E-state index in [9.17, 15) is 14.4 Å². The van der Waals surface area contributed by atoms with Crippen molar-refractivity contribution in [1.82, 2.24) is 0 Å². The molecule has 3 aromatic carbocycles. The maximum atomic E-state index is 12.1. The van der Waals surface area contributed by atoms with Crippen molar-refractivity contribution >= 4 is 23.8 Å². The second-order valence-electron chi connectivity index (χ2n) is 6.09. The number of ether oxygens (including phenoxy) is 1. The number of hydrogen-bond acceptors (Lipinski definition) is 4. The second-order valence-corrected chi connectivity index (χ2v) is 6.09. The van der Waals surface area contributed by atoms with Gasteiger partial charge in [0.2, 0.25) is 0 Å². The van der Waals surface area contributed by atoms with Crippen molar-refractivity contribution in [1.29, 1.82) is 0 Å². The highest BCUT2D eigenvalue weighted by atomic mass is 16.5. The van der Waals surface area contributed by atoms with Crippen LogP contribution in [0.1, 0.15) is 36.6 Å². The van der Waals surface area contributed by atoms with Crippen LogP contribution in [-0.2, 0) is 0 Å². The predicted octanol–water partition coefficient (Wildman–Crippen LogP) is 4.77. The minimum absolute atomic E-state index is 0.102. The smallest absolute Gasteiger partial charge is 0.335 e. The third kappa shape index (κ3) is 5.17. The van der Waals surface area contributed by atoms with Gasteiger partial charge in [-0.1, -0.05) is 48.5 Å². The zero-order chi connectivity index (χ0) is 20.8. The molecule has 0 radical (unpaired) electrons. The van der Waals surface area contributed by atoms with Gasteiger partial charge >= 0.3 is 11.9 Å². The van der Waals surface area contributed by atoms with Crippen LogP contribution < -0.4 is 4.74 Å². The van der Waals surface area contributed by atoms with Gasteiger partial charge in [-0.15, -0.1) is 0 Å². The van der Waals surface area contributed by atoms with Gasteiger partial charge < -0.3 is 14.9 Å². The fourth-order valence-corrected chi connectivity index (χ4v) is 2.56. The first-order chi connectivity index (χ1) is 13.9. The Morgan fingerprint density at radius 2 is 1.28 bits per heavy atom. The SMILES string of the molecule is O=C(O)c1cc(Oc2ccc(/C=C/C(=O)c3ccccc3)cc2)cc(C(=O)O)c1. The number of benzene rings is 3. The molecule has 0 unspecified atom stereocenters. The molecule has 6 heteroatoms. The molecular formula is C23H16O6. The molecule has 0 aliphatic rings. The van der Waals surface area contributed by atoms with E-state index in [1.807, 2.05) is 6.07 Å².